The normalized spacial score (nSPS) is 22.6. The molecule has 20 heavy (non-hydrogen) atoms. The molecule has 1 aliphatic heterocycles. The summed E-state index contributed by atoms with van der Waals surface area (Å²) in [7, 11) is 0. The van der Waals surface area contributed by atoms with Crippen LogP contribution in [0.15, 0.2) is 0 Å². The summed E-state index contributed by atoms with van der Waals surface area (Å²) >= 11 is 0. The van der Waals surface area contributed by atoms with Crippen molar-refractivity contribution in [2.75, 3.05) is 13.2 Å². The second-order valence-electron chi connectivity index (χ2n) is 6.09. The highest BCUT2D eigenvalue weighted by Gasteiger charge is 2.42. The molecule has 114 valence electrons. The van der Waals surface area contributed by atoms with Crippen LogP contribution in [0.4, 0.5) is 0 Å². The van der Waals surface area contributed by atoms with E-state index in [1.54, 1.807) is 0 Å². The third kappa shape index (κ3) is 3.95. The van der Waals surface area contributed by atoms with Crippen LogP contribution in [0.3, 0.4) is 0 Å². The van der Waals surface area contributed by atoms with Gasteiger partial charge in [0, 0.05) is 19.6 Å². The molecule has 0 bridgehead atoms. The van der Waals surface area contributed by atoms with Gasteiger partial charge in [-0.05, 0) is 44.4 Å². The Morgan fingerprint density at radius 1 is 1.20 bits per heavy atom. The van der Waals surface area contributed by atoms with Crippen molar-refractivity contribution in [2.24, 2.45) is 5.92 Å². The lowest BCUT2D eigenvalue weighted by Gasteiger charge is -2.26. The quantitative estimate of drug-likeness (QED) is 0.782. The minimum atomic E-state index is -0.990. The lowest BCUT2D eigenvalue weighted by molar-refractivity contribution is -0.147. The topological polar surface area (TPSA) is 75.6 Å². The Morgan fingerprint density at radius 3 is 2.45 bits per heavy atom. The van der Waals surface area contributed by atoms with E-state index in [2.05, 4.69) is 5.32 Å². The molecule has 1 heterocycles. The Morgan fingerprint density at radius 2 is 1.85 bits per heavy atom. The van der Waals surface area contributed by atoms with Crippen molar-refractivity contribution in [3.63, 3.8) is 0 Å². The number of carboxylic acids is 1. The van der Waals surface area contributed by atoms with Gasteiger partial charge in [-0.3, -0.25) is 4.79 Å². The third-order valence-corrected chi connectivity index (χ3v) is 4.60. The van der Waals surface area contributed by atoms with Gasteiger partial charge in [0.05, 0.1) is 0 Å². The van der Waals surface area contributed by atoms with Gasteiger partial charge in [-0.15, -0.1) is 0 Å². The second kappa shape index (κ2) is 7.07. The molecule has 0 aromatic heterocycles. The number of carbonyl (C=O) groups excluding carboxylic acids is 1. The molecule has 0 radical (unpaired) electrons. The van der Waals surface area contributed by atoms with Gasteiger partial charge in [-0.1, -0.05) is 12.8 Å². The number of amides is 1. The van der Waals surface area contributed by atoms with Crippen molar-refractivity contribution >= 4 is 11.9 Å². The van der Waals surface area contributed by atoms with Gasteiger partial charge in [0.2, 0.25) is 5.91 Å². The number of aliphatic carboxylic acids is 1. The smallest absolute Gasteiger partial charge is 0.329 e. The predicted octanol–water partition coefficient (Wildman–Crippen LogP) is 2.10. The number of hydrogen-bond acceptors (Lipinski definition) is 3. The Hall–Kier alpha value is -1.10. The highest BCUT2D eigenvalue weighted by molar-refractivity contribution is 5.87. The molecule has 5 nitrogen and oxygen atoms in total. The SMILES string of the molecule is O=C(CCCC1CCOCC1)NC1(C(=O)O)CCCC1. The molecule has 2 fully saturated rings. The van der Waals surface area contributed by atoms with Crippen LogP contribution in [0, 0.1) is 5.92 Å². The minimum absolute atomic E-state index is 0.110. The first-order chi connectivity index (χ1) is 9.62. The molecule has 0 atom stereocenters. The molecule has 2 rings (SSSR count). The number of carbonyl (C=O) groups is 2. The first-order valence-electron chi connectivity index (χ1n) is 7.74. The Labute approximate surface area is 120 Å². The van der Waals surface area contributed by atoms with Gasteiger partial charge in [0.25, 0.3) is 0 Å². The van der Waals surface area contributed by atoms with E-state index < -0.39 is 11.5 Å². The number of ether oxygens (including phenoxy) is 1. The Balaban J connectivity index is 1.70. The molecular formula is C15H25NO4. The van der Waals surface area contributed by atoms with Crippen LogP contribution in [0.2, 0.25) is 0 Å². The Bertz CT molecular complexity index is 344. The van der Waals surface area contributed by atoms with Crippen molar-refractivity contribution in [2.45, 2.75) is 63.3 Å². The van der Waals surface area contributed by atoms with Crippen molar-refractivity contribution < 1.29 is 19.4 Å². The number of hydrogen-bond donors (Lipinski definition) is 2. The van der Waals surface area contributed by atoms with Crippen LogP contribution < -0.4 is 5.32 Å². The summed E-state index contributed by atoms with van der Waals surface area (Å²) in [5, 5.41) is 12.1. The molecule has 2 aliphatic rings. The standard InChI is InChI=1S/C15H25NO4/c17-13(5-3-4-12-6-10-20-11-7-12)16-15(14(18)19)8-1-2-9-15/h12H,1-11H2,(H,16,17)(H,18,19). The van der Waals surface area contributed by atoms with Crippen LogP contribution in [-0.4, -0.2) is 35.7 Å². The maximum atomic E-state index is 12.0. The first-order valence-corrected chi connectivity index (χ1v) is 7.74. The van der Waals surface area contributed by atoms with Gasteiger partial charge >= 0.3 is 5.97 Å². The monoisotopic (exact) mass is 283 g/mol. The zero-order valence-electron chi connectivity index (χ0n) is 12.0. The zero-order valence-corrected chi connectivity index (χ0v) is 12.0. The van der Waals surface area contributed by atoms with Crippen molar-refractivity contribution in [3.8, 4) is 0 Å². The molecule has 0 aromatic rings. The van der Waals surface area contributed by atoms with E-state index in [1.165, 1.54) is 0 Å². The molecule has 5 heteroatoms. The van der Waals surface area contributed by atoms with Crippen LogP contribution in [-0.2, 0) is 14.3 Å². The molecule has 0 unspecified atom stereocenters. The summed E-state index contributed by atoms with van der Waals surface area (Å²) in [5.41, 5.74) is -0.990. The summed E-state index contributed by atoms with van der Waals surface area (Å²) in [4.78, 5) is 23.3. The van der Waals surface area contributed by atoms with Crippen molar-refractivity contribution in [1.82, 2.24) is 5.32 Å². The predicted molar refractivity (Wildman–Crippen MR) is 74.4 cm³/mol. The maximum absolute atomic E-state index is 12.0. The highest BCUT2D eigenvalue weighted by Crippen LogP contribution is 2.30. The van der Waals surface area contributed by atoms with Gasteiger partial charge in [0.15, 0.2) is 0 Å². The van der Waals surface area contributed by atoms with Gasteiger partial charge in [-0.25, -0.2) is 4.79 Å². The average Bonchev–Trinajstić information content (AvgIpc) is 2.90. The van der Waals surface area contributed by atoms with Crippen LogP contribution in [0.1, 0.15) is 57.8 Å². The minimum Gasteiger partial charge on any atom is -0.480 e. The van der Waals surface area contributed by atoms with E-state index in [0.717, 1.165) is 51.7 Å². The van der Waals surface area contributed by atoms with Crippen LogP contribution in [0.25, 0.3) is 0 Å². The number of carboxylic acid groups (broad SMARTS) is 1. The number of rotatable bonds is 6. The van der Waals surface area contributed by atoms with E-state index in [1.807, 2.05) is 0 Å². The summed E-state index contributed by atoms with van der Waals surface area (Å²) in [6, 6.07) is 0. The summed E-state index contributed by atoms with van der Waals surface area (Å²) < 4.78 is 5.31. The van der Waals surface area contributed by atoms with E-state index in [0.29, 0.717) is 25.2 Å². The highest BCUT2D eigenvalue weighted by atomic mass is 16.5. The average molecular weight is 283 g/mol. The summed E-state index contributed by atoms with van der Waals surface area (Å²) in [6.07, 6.45) is 7.38. The van der Waals surface area contributed by atoms with Crippen molar-refractivity contribution in [3.05, 3.63) is 0 Å². The van der Waals surface area contributed by atoms with E-state index >= 15 is 0 Å². The fourth-order valence-corrected chi connectivity index (χ4v) is 3.29. The molecule has 2 N–H and O–H groups in total. The largest absolute Gasteiger partial charge is 0.480 e. The third-order valence-electron chi connectivity index (χ3n) is 4.60. The van der Waals surface area contributed by atoms with E-state index in [-0.39, 0.29) is 5.91 Å². The molecule has 1 aliphatic carbocycles. The molecule has 1 amide bonds. The molecule has 1 saturated heterocycles. The fourth-order valence-electron chi connectivity index (χ4n) is 3.29. The van der Waals surface area contributed by atoms with Gasteiger partial charge < -0.3 is 15.2 Å². The number of nitrogens with one attached hydrogen (secondary N) is 1. The Kier molecular flexibility index (Phi) is 5.40. The molecule has 0 aromatic carbocycles. The van der Waals surface area contributed by atoms with Crippen LogP contribution >= 0.6 is 0 Å². The lowest BCUT2D eigenvalue weighted by atomic mass is 9.93. The van der Waals surface area contributed by atoms with Gasteiger partial charge in [-0.2, -0.15) is 0 Å². The first kappa shape index (κ1) is 15.3. The van der Waals surface area contributed by atoms with Crippen molar-refractivity contribution in [1.29, 1.82) is 0 Å². The molecular weight excluding hydrogens is 258 g/mol. The lowest BCUT2D eigenvalue weighted by Crippen LogP contribution is -2.52. The molecule has 1 saturated carbocycles. The summed E-state index contributed by atoms with van der Waals surface area (Å²) in [5.74, 6) is -0.328. The maximum Gasteiger partial charge on any atom is 0.329 e. The second-order valence-corrected chi connectivity index (χ2v) is 6.09. The van der Waals surface area contributed by atoms with Gasteiger partial charge in [0.1, 0.15) is 5.54 Å². The van der Waals surface area contributed by atoms with Crippen LogP contribution in [0.5, 0.6) is 0 Å². The van der Waals surface area contributed by atoms with E-state index in [9.17, 15) is 14.7 Å². The summed E-state index contributed by atoms with van der Waals surface area (Å²) in [6.45, 7) is 1.66. The molecule has 0 spiro atoms. The fraction of sp³-hybridized carbons (Fsp3) is 0.867. The van der Waals surface area contributed by atoms with E-state index in [4.69, 9.17) is 4.74 Å². The zero-order chi connectivity index (χ0) is 14.4.